The van der Waals surface area contributed by atoms with Crippen molar-refractivity contribution in [3.05, 3.63) is 0 Å². The summed E-state index contributed by atoms with van der Waals surface area (Å²) in [5, 5.41) is 0. The van der Waals surface area contributed by atoms with Crippen LogP contribution in [0.4, 0.5) is 0 Å². The Morgan fingerprint density at radius 2 is 1.92 bits per heavy atom. The molecule has 0 aliphatic rings. The molecular weight excluding hydrogens is 195 g/mol. The molecule has 1 N–H and O–H groups in total. The molecule has 0 heterocycles. The second-order valence-corrected chi connectivity index (χ2v) is 5.09. The Balaban J connectivity index is 3.06. The van der Waals surface area contributed by atoms with E-state index in [1.807, 2.05) is 0 Å². The van der Waals surface area contributed by atoms with Gasteiger partial charge in [-0.2, -0.15) is 12.6 Å². The SMILES string of the molecule is CP(=O)(O)OCCCCCCS. The van der Waals surface area contributed by atoms with E-state index in [1.165, 1.54) is 6.66 Å². The summed E-state index contributed by atoms with van der Waals surface area (Å²) in [7, 11) is -3.24. The Labute approximate surface area is 79.5 Å². The Morgan fingerprint density at radius 1 is 1.33 bits per heavy atom. The third-order valence-electron chi connectivity index (χ3n) is 1.38. The number of rotatable bonds is 7. The van der Waals surface area contributed by atoms with Crippen LogP contribution in [0.25, 0.3) is 0 Å². The Hall–Kier alpha value is 0.500. The van der Waals surface area contributed by atoms with Gasteiger partial charge in [-0.3, -0.25) is 4.57 Å². The minimum Gasteiger partial charge on any atom is -0.324 e. The van der Waals surface area contributed by atoms with Crippen LogP contribution in [0.1, 0.15) is 25.7 Å². The van der Waals surface area contributed by atoms with E-state index in [2.05, 4.69) is 12.6 Å². The van der Waals surface area contributed by atoms with Crippen LogP contribution in [0.2, 0.25) is 0 Å². The Morgan fingerprint density at radius 3 is 2.42 bits per heavy atom. The summed E-state index contributed by atoms with van der Waals surface area (Å²) >= 11 is 4.08. The van der Waals surface area contributed by atoms with E-state index in [0.717, 1.165) is 31.4 Å². The van der Waals surface area contributed by atoms with E-state index in [-0.39, 0.29) is 0 Å². The highest BCUT2D eigenvalue weighted by atomic mass is 32.1. The van der Waals surface area contributed by atoms with E-state index in [0.29, 0.717) is 6.61 Å². The summed E-state index contributed by atoms with van der Waals surface area (Å²) in [6.45, 7) is 1.59. The van der Waals surface area contributed by atoms with Gasteiger partial charge in [0, 0.05) is 6.66 Å². The van der Waals surface area contributed by atoms with Crippen molar-refractivity contribution in [2.24, 2.45) is 0 Å². The van der Waals surface area contributed by atoms with Crippen molar-refractivity contribution < 1.29 is 14.0 Å². The third-order valence-corrected chi connectivity index (χ3v) is 2.36. The maximum atomic E-state index is 10.6. The molecule has 0 aliphatic carbocycles. The predicted molar refractivity (Wildman–Crippen MR) is 54.0 cm³/mol. The van der Waals surface area contributed by atoms with Gasteiger partial charge >= 0.3 is 7.60 Å². The third kappa shape index (κ3) is 10.5. The van der Waals surface area contributed by atoms with Crippen LogP contribution in [-0.2, 0) is 9.09 Å². The standard InChI is InChI=1S/C7H17O3PS/c1-11(8,9)10-6-4-2-3-5-7-12/h12H,2-7H2,1H3,(H,8,9). The van der Waals surface area contributed by atoms with Gasteiger partial charge in [0.2, 0.25) is 0 Å². The minimum absolute atomic E-state index is 0.386. The molecule has 0 spiro atoms. The lowest BCUT2D eigenvalue weighted by atomic mass is 10.2. The zero-order chi connectivity index (χ0) is 9.45. The molecule has 0 saturated heterocycles. The molecule has 0 radical (unpaired) electrons. The minimum atomic E-state index is -3.24. The van der Waals surface area contributed by atoms with Gasteiger partial charge in [0.15, 0.2) is 0 Å². The second-order valence-electron chi connectivity index (χ2n) is 2.77. The molecule has 1 unspecified atom stereocenters. The average molecular weight is 212 g/mol. The second kappa shape index (κ2) is 6.96. The molecule has 0 fully saturated rings. The fourth-order valence-electron chi connectivity index (χ4n) is 0.801. The van der Waals surface area contributed by atoms with Crippen molar-refractivity contribution in [3.8, 4) is 0 Å². The van der Waals surface area contributed by atoms with Gasteiger partial charge in [-0.1, -0.05) is 12.8 Å². The molecule has 1 atom stereocenters. The van der Waals surface area contributed by atoms with Crippen molar-refractivity contribution in [2.75, 3.05) is 19.0 Å². The van der Waals surface area contributed by atoms with Gasteiger partial charge in [-0.25, -0.2) is 0 Å². The lowest BCUT2D eigenvalue weighted by Gasteiger charge is -2.05. The topological polar surface area (TPSA) is 46.5 Å². The van der Waals surface area contributed by atoms with E-state index >= 15 is 0 Å². The zero-order valence-corrected chi connectivity index (χ0v) is 9.19. The monoisotopic (exact) mass is 212 g/mol. The zero-order valence-electron chi connectivity index (χ0n) is 7.40. The first-order chi connectivity index (χ1) is 5.56. The quantitative estimate of drug-likeness (QED) is 0.387. The molecule has 3 nitrogen and oxygen atoms in total. The Bertz CT molecular complexity index is 146. The van der Waals surface area contributed by atoms with Crippen LogP contribution < -0.4 is 0 Å². The molecule has 0 aliphatic heterocycles. The van der Waals surface area contributed by atoms with Gasteiger partial charge < -0.3 is 9.42 Å². The number of unbranched alkanes of at least 4 members (excludes halogenated alkanes) is 3. The Kier molecular flexibility index (Phi) is 7.25. The molecule has 12 heavy (non-hydrogen) atoms. The lowest BCUT2D eigenvalue weighted by molar-refractivity contribution is 0.258. The van der Waals surface area contributed by atoms with Gasteiger partial charge in [0.05, 0.1) is 6.61 Å². The normalized spacial score (nSPS) is 15.9. The smallest absolute Gasteiger partial charge is 0.324 e. The number of hydrogen-bond donors (Lipinski definition) is 2. The summed E-state index contributed by atoms with van der Waals surface area (Å²) in [4.78, 5) is 8.74. The molecule has 0 aromatic carbocycles. The average Bonchev–Trinajstić information content (AvgIpc) is 1.94. The maximum Gasteiger partial charge on any atom is 0.325 e. The first kappa shape index (κ1) is 12.5. The molecule has 0 aromatic heterocycles. The first-order valence-electron chi connectivity index (χ1n) is 4.12. The molecular formula is C7H17O3PS. The van der Waals surface area contributed by atoms with Crippen molar-refractivity contribution in [2.45, 2.75) is 25.7 Å². The highest BCUT2D eigenvalue weighted by Crippen LogP contribution is 2.36. The highest BCUT2D eigenvalue weighted by Gasteiger charge is 2.07. The van der Waals surface area contributed by atoms with Crippen LogP contribution in [-0.4, -0.2) is 23.9 Å². The van der Waals surface area contributed by atoms with E-state index in [1.54, 1.807) is 0 Å². The lowest BCUT2D eigenvalue weighted by Crippen LogP contribution is -1.91. The van der Waals surface area contributed by atoms with E-state index < -0.39 is 7.60 Å². The van der Waals surface area contributed by atoms with Gasteiger partial charge in [0.1, 0.15) is 0 Å². The van der Waals surface area contributed by atoms with Crippen LogP contribution in [0.5, 0.6) is 0 Å². The summed E-state index contributed by atoms with van der Waals surface area (Å²) in [5.41, 5.74) is 0. The fraction of sp³-hybridized carbons (Fsp3) is 1.00. The number of thiol groups is 1. The van der Waals surface area contributed by atoms with E-state index in [4.69, 9.17) is 9.42 Å². The molecule has 5 heteroatoms. The van der Waals surface area contributed by atoms with Crippen LogP contribution in [0, 0.1) is 0 Å². The van der Waals surface area contributed by atoms with Crippen molar-refractivity contribution in [3.63, 3.8) is 0 Å². The molecule has 0 rings (SSSR count). The predicted octanol–water partition coefficient (Wildman–Crippen LogP) is 2.31. The fourth-order valence-corrected chi connectivity index (χ4v) is 1.49. The summed E-state index contributed by atoms with van der Waals surface area (Å²) in [6, 6.07) is 0. The summed E-state index contributed by atoms with van der Waals surface area (Å²) in [6.07, 6.45) is 4.12. The van der Waals surface area contributed by atoms with Crippen molar-refractivity contribution in [1.29, 1.82) is 0 Å². The largest absolute Gasteiger partial charge is 0.325 e. The highest BCUT2D eigenvalue weighted by molar-refractivity contribution is 7.80. The molecule has 0 amide bonds. The van der Waals surface area contributed by atoms with Crippen LogP contribution in [0.15, 0.2) is 0 Å². The van der Waals surface area contributed by atoms with Crippen molar-refractivity contribution >= 4 is 20.2 Å². The maximum absolute atomic E-state index is 10.6. The van der Waals surface area contributed by atoms with Gasteiger partial charge in [-0.15, -0.1) is 0 Å². The van der Waals surface area contributed by atoms with Crippen LogP contribution in [0.3, 0.4) is 0 Å². The van der Waals surface area contributed by atoms with E-state index in [9.17, 15) is 4.57 Å². The van der Waals surface area contributed by atoms with Crippen LogP contribution >= 0.6 is 20.2 Å². The summed E-state index contributed by atoms with van der Waals surface area (Å²) in [5.74, 6) is 0.910. The molecule has 74 valence electrons. The van der Waals surface area contributed by atoms with Gasteiger partial charge in [-0.05, 0) is 18.6 Å². The molecule has 0 aromatic rings. The molecule has 0 bridgehead atoms. The van der Waals surface area contributed by atoms with Crippen molar-refractivity contribution in [1.82, 2.24) is 0 Å². The molecule has 0 saturated carbocycles. The number of hydrogen-bond acceptors (Lipinski definition) is 3. The first-order valence-corrected chi connectivity index (χ1v) is 6.77. The summed E-state index contributed by atoms with van der Waals surface area (Å²) < 4.78 is 15.3. The van der Waals surface area contributed by atoms with Gasteiger partial charge in [0.25, 0.3) is 0 Å².